The number of hydrogen-bond acceptors (Lipinski definition) is 5. The van der Waals surface area contributed by atoms with Gasteiger partial charge < -0.3 is 15.0 Å². The summed E-state index contributed by atoms with van der Waals surface area (Å²) >= 11 is 3.47. The number of carbonyl (C=O) groups excluding carboxylic acids is 2. The molecule has 1 fully saturated rings. The van der Waals surface area contributed by atoms with Gasteiger partial charge in [-0.25, -0.2) is 4.98 Å². The van der Waals surface area contributed by atoms with E-state index < -0.39 is 17.7 Å². The van der Waals surface area contributed by atoms with Crippen molar-refractivity contribution in [2.75, 3.05) is 23.9 Å². The third-order valence-electron chi connectivity index (χ3n) is 6.91. The number of aliphatic hydroxyl groups excluding tert-OH is 1. The van der Waals surface area contributed by atoms with Crippen LogP contribution in [0.4, 0.5) is 11.6 Å². The molecule has 2 heterocycles. The monoisotopic (exact) mass is 558 g/mol. The summed E-state index contributed by atoms with van der Waals surface area (Å²) in [6.07, 6.45) is 0. The van der Waals surface area contributed by atoms with Crippen LogP contribution in [0.3, 0.4) is 0 Å². The predicted octanol–water partition coefficient (Wildman–Crippen LogP) is 5.94. The van der Waals surface area contributed by atoms with E-state index in [0.29, 0.717) is 16.6 Å². The van der Waals surface area contributed by atoms with Crippen molar-refractivity contribution in [1.82, 2.24) is 9.97 Å². The van der Waals surface area contributed by atoms with Crippen LogP contribution in [0.2, 0.25) is 0 Å². The van der Waals surface area contributed by atoms with Gasteiger partial charge in [-0.3, -0.25) is 14.5 Å². The van der Waals surface area contributed by atoms with Crippen LogP contribution in [-0.2, 0) is 9.59 Å². The van der Waals surface area contributed by atoms with Crippen LogP contribution in [0.25, 0.3) is 16.8 Å². The largest absolute Gasteiger partial charge is 0.507 e. The van der Waals surface area contributed by atoms with Gasteiger partial charge in [-0.2, -0.15) is 0 Å². The number of aryl methyl sites for hydroxylation is 3. The highest BCUT2D eigenvalue weighted by Crippen LogP contribution is 2.42. The lowest BCUT2D eigenvalue weighted by atomic mass is 9.94. The fourth-order valence-electron chi connectivity index (χ4n) is 4.64. The summed E-state index contributed by atoms with van der Waals surface area (Å²) in [4.78, 5) is 38.2. The lowest BCUT2D eigenvalue weighted by Gasteiger charge is -2.24. The first-order chi connectivity index (χ1) is 17.6. The number of ketones is 1. The second kappa shape index (κ2) is 9.19. The number of fused-ring (bicyclic) bond motifs is 1. The summed E-state index contributed by atoms with van der Waals surface area (Å²) in [6, 6.07) is 16.0. The number of amides is 1. The molecule has 1 unspecified atom stereocenters. The maximum atomic E-state index is 13.5. The van der Waals surface area contributed by atoms with E-state index in [0.717, 1.165) is 32.4 Å². The van der Waals surface area contributed by atoms with Crippen molar-refractivity contribution >= 4 is 56.0 Å². The van der Waals surface area contributed by atoms with E-state index in [1.54, 1.807) is 12.1 Å². The van der Waals surface area contributed by atoms with E-state index in [1.807, 2.05) is 82.2 Å². The Balaban J connectivity index is 1.73. The molecule has 188 valence electrons. The number of rotatable bonds is 4. The Morgan fingerprint density at radius 2 is 1.65 bits per heavy atom. The second-order valence-electron chi connectivity index (χ2n) is 9.63. The molecule has 0 saturated carbocycles. The minimum atomic E-state index is -0.858. The maximum Gasteiger partial charge on any atom is 0.302 e. The Morgan fingerprint density at radius 3 is 2.30 bits per heavy atom. The fourth-order valence-corrected chi connectivity index (χ4v) is 4.89. The minimum absolute atomic E-state index is 0.0251. The van der Waals surface area contributed by atoms with Crippen LogP contribution < -0.4 is 9.80 Å². The number of nitrogens with one attached hydrogen (secondary N) is 1. The van der Waals surface area contributed by atoms with E-state index in [2.05, 4.69) is 25.9 Å². The van der Waals surface area contributed by atoms with Gasteiger partial charge in [-0.1, -0.05) is 34.1 Å². The predicted molar refractivity (Wildman–Crippen MR) is 150 cm³/mol. The summed E-state index contributed by atoms with van der Waals surface area (Å²) in [5.41, 5.74) is 6.68. The Labute approximate surface area is 223 Å². The van der Waals surface area contributed by atoms with Crippen molar-refractivity contribution < 1.29 is 14.7 Å². The van der Waals surface area contributed by atoms with Crippen LogP contribution in [0, 0.1) is 20.8 Å². The number of nitrogens with zero attached hydrogens (tertiary/aromatic N) is 3. The quantitative estimate of drug-likeness (QED) is 0.184. The number of H-pyrrole nitrogens is 1. The van der Waals surface area contributed by atoms with Crippen LogP contribution in [0.1, 0.15) is 33.9 Å². The number of halogens is 1. The number of benzene rings is 3. The molecule has 1 aliphatic heterocycles. The number of carbonyl (C=O) groups is 2. The molecule has 3 aromatic carbocycles. The molecule has 1 atom stereocenters. The van der Waals surface area contributed by atoms with E-state index >= 15 is 0 Å². The van der Waals surface area contributed by atoms with Crippen molar-refractivity contribution in [1.29, 1.82) is 0 Å². The van der Waals surface area contributed by atoms with Gasteiger partial charge in [0.1, 0.15) is 5.76 Å². The highest BCUT2D eigenvalue weighted by atomic mass is 79.9. The summed E-state index contributed by atoms with van der Waals surface area (Å²) in [7, 11) is 3.88. The van der Waals surface area contributed by atoms with Gasteiger partial charge in [0.05, 0.1) is 22.6 Å². The Hall–Kier alpha value is -3.91. The third-order valence-corrected chi connectivity index (χ3v) is 7.80. The first-order valence-electron chi connectivity index (χ1n) is 11.9. The number of aromatic nitrogens is 2. The average Bonchev–Trinajstić information content (AvgIpc) is 3.38. The smallest absolute Gasteiger partial charge is 0.302 e. The van der Waals surface area contributed by atoms with Crippen molar-refractivity contribution in [2.24, 2.45) is 0 Å². The third kappa shape index (κ3) is 4.21. The highest BCUT2D eigenvalue weighted by Gasteiger charge is 2.48. The molecule has 7 nitrogen and oxygen atoms in total. The fraction of sp³-hybridized carbons (Fsp3) is 0.207. The maximum absolute atomic E-state index is 13.5. The number of imidazole rings is 1. The molecular formula is C29H27BrN4O3. The van der Waals surface area contributed by atoms with E-state index in [-0.39, 0.29) is 17.3 Å². The molecule has 0 aliphatic carbocycles. The molecule has 8 heteroatoms. The van der Waals surface area contributed by atoms with Crippen molar-refractivity contribution in [3.8, 4) is 0 Å². The van der Waals surface area contributed by atoms with Gasteiger partial charge >= 0.3 is 5.91 Å². The van der Waals surface area contributed by atoms with Gasteiger partial charge in [-0.15, -0.1) is 0 Å². The first-order valence-corrected chi connectivity index (χ1v) is 12.7. The first kappa shape index (κ1) is 24.8. The van der Waals surface area contributed by atoms with Crippen molar-refractivity contribution in [2.45, 2.75) is 26.8 Å². The topological polar surface area (TPSA) is 89.5 Å². The van der Waals surface area contributed by atoms with E-state index in [4.69, 9.17) is 0 Å². The highest BCUT2D eigenvalue weighted by molar-refractivity contribution is 9.10. The standard InChI is InChI=1S/C29H27BrN4O3/c1-15-13-22-23(14-16(15)2)32-29(31-22)34-25(18-6-9-20(10-7-18)33(4)5)24(27(36)28(34)37)26(35)19-8-11-21(30)17(3)12-19/h6-14,25,35H,1-5H3,(H,31,32)/b26-24+. The summed E-state index contributed by atoms with van der Waals surface area (Å²) in [5.74, 6) is -1.46. The van der Waals surface area contributed by atoms with Crippen LogP contribution in [-0.4, -0.2) is 40.9 Å². The van der Waals surface area contributed by atoms with Gasteiger partial charge in [0, 0.05) is 29.8 Å². The lowest BCUT2D eigenvalue weighted by molar-refractivity contribution is -0.132. The summed E-state index contributed by atoms with van der Waals surface area (Å²) < 4.78 is 0.883. The van der Waals surface area contributed by atoms with Gasteiger partial charge in [0.15, 0.2) is 0 Å². The molecule has 5 rings (SSSR count). The van der Waals surface area contributed by atoms with Gasteiger partial charge in [-0.05, 0) is 79.4 Å². The summed E-state index contributed by atoms with van der Waals surface area (Å²) in [5, 5.41) is 11.4. The number of Topliss-reactive ketones (excluding diaryl/α,β-unsaturated/α-hetero) is 1. The normalized spacial score (nSPS) is 17.1. The molecule has 0 radical (unpaired) electrons. The van der Waals surface area contributed by atoms with Crippen molar-refractivity contribution in [3.05, 3.63) is 92.5 Å². The number of aromatic amines is 1. The average molecular weight is 559 g/mol. The molecule has 0 bridgehead atoms. The number of anilines is 2. The van der Waals surface area contributed by atoms with Crippen molar-refractivity contribution in [3.63, 3.8) is 0 Å². The summed E-state index contributed by atoms with van der Waals surface area (Å²) in [6.45, 7) is 5.91. The molecule has 1 aliphatic rings. The Morgan fingerprint density at radius 1 is 0.973 bits per heavy atom. The molecule has 1 aromatic heterocycles. The Kier molecular flexibility index (Phi) is 6.15. The Bertz CT molecular complexity index is 1560. The van der Waals surface area contributed by atoms with Gasteiger partial charge in [0.2, 0.25) is 5.95 Å². The lowest BCUT2D eigenvalue weighted by Crippen LogP contribution is -2.30. The van der Waals surface area contributed by atoms with E-state index in [1.165, 1.54) is 4.90 Å². The van der Waals surface area contributed by atoms with Crippen LogP contribution >= 0.6 is 15.9 Å². The molecule has 1 saturated heterocycles. The molecule has 1 amide bonds. The molecule has 0 spiro atoms. The number of hydrogen-bond donors (Lipinski definition) is 2. The zero-order valence-corrected chi connectivity index (χ0v) is 22.8. The van der Waals surface area contributed by atoms with E-state index in [9.17, 15) is 14.7 Å². The number of aliphatic hydroxyl groups is 1. The van der Waals surface area contributed by atoms with Gasteiger partial charge in [0.25, 0.3) is 5.78 Å². The zero-order valence-electron chi connectivity index (χ0n) is 21.3. The molecular weight excluding hydrogens is 532 g/mol. The zero-order chi connectivity index (χ0) is 26.6. The van der Waals surface area contributed by atoms with Crippen LogP contribution in [0.5, 0.6) is 0 Å². The molecule has 37 heavy (non-hydrogen) atoms. The second-order valence-corrected chi connectivity index (χ2v) is 10.5. The molecule has 2 N–H and O–H groups in total. The SMILES string of the molecule is Cc1cc2nc(N3C(=O)C(=O)/C(=C(/O)c4ccc(Br)c(C)c4)C3c3ccc(N(C)C)cc3)[nH]c2cc1C. The molecule has 4 aromatic rings. The minimum Gasteiger partial charge on any atom is -0.507 e. The van der Waals surface area contributed by atoms with Crippen LogP contribution in [0.15, 0.2) is 64.6 Å².